The Balaban J connectivity index is 1.86. The van der Waals surface area contributed by atoms with Crippen molar-refractivity contribution < 1.29 is 9.13 Å². The lowest BCUT2D eigenvalue weighted by atomic mass is 10.1. The van der Waals surface area contributed by atoms with E-state index in [1.54, 1.807) is 12.3 Å². The summed E-state index contributed by atoms with van der Waals surface area (Å²) in [7, 11) is 2.08. The second-order valence-electron chi connectivity index (χ2n) is 5.30. The Morgan fingerprint density at radius 1 is 1.30 bits per heavy atom. The third-order valence-corrected chi connectivity index (χ3v) is 3.52. The van der Waals surface area contributed by atoms with E-state index in [1.165, 1.54) is 6.07 Å². The van der Waals surface area contributed by atoms with Crippen LogP contribution in [0.15, 0.2) is 30.5 Å². The lowest BCUT2D eigenvalue weighted by Gasteiger charge is -2.24. The van der Waals surface area contributed by atoms with Crippen LogP contribution < -0.4 is 4.74 Å². The minimum atomic E-state index is -0.347. The van der Waals surface area contributed by atoms with Gasteiger partial charge in [0.25, 0.3) is 0 Å². The molecule has 0 saturated heterocycles. The van der Waals surface area contributed by atoms with Crippen LogP contribution in [-0.4, -0.2) is 23.5 Å². The van der Waals surface area contributed by atoms with Crippen LogP contribution in [0.25, 0.3) is 0 Å². The van der Waals surface area contributed by atoms with Gasteiger partial charge >= 0.3 is 0 Å². The molecule has 104 valence electrons. The molecule has 0 fully saturated rings. The van der Waals surface area contributed by atoms with Crippen LogP contribution in [-0.2, 0) is 13.0 Å². The molecule has 3 nitrogen and oxygen atoms in total. The number of aromatic nitrogens is 1. The second-order valence-corrected chi connectivity index (χ2v) is 5.30. The number of halogens is 1. The highest BCUT2D eigenvalue weighted by Gasteiger charge is 2.15. The summed E-state index contributed by atoms with van der Waals surface area (Å²) >= 11 is 0. The number of likely N-dealkylation sites (N-methyl/N-ethyl adjacent to an activating group) is 1. The minimum absolute atomic E-state index is 0.238. The molecule has 0 N–H and O–H groups in total. The molecule has 1 aliphatic rings. The number of nitrogens with zero attached hydrogens (tertiary/aromatic N) is 2. The highest BCUT2D eigenvalue weighted by molar-refractivity contribution is 5.36. The first-order valence-corrected chi connectivity index (χ1v) is 6.72. The number of ether oxygens (including phenoxy) is 1. The predicted octanol–water partition coefficient (Wildman–Crippen LogP) is 3.31. The van der Waals surface area contributed by atoms with Gasteiger partial charge in [0.2, 0.25) is 0 Å². The van der Waals surface area contributed by atoms with Gasteiger partial charge in [-0.1, -0.05) is 6.07 Å². The molecular weight excluding hydrogens is 255 g/mol. The third kappa shape index (κ3) is 2.65. The van der Waals surface area contributed by atoms with Gasteiger partial charge in [0.1, 0.15) is 5.75 Å². The van der Waals surface area contributed by atoms with Crippen LogP contribution in [0.1, 0.15) is 16.8 Å². The summed E-state index contributed by atoms with van der Waals surface area (Å²) in [6.07, 6.45) is 2.62. The Labute approximate surface area is 118 Å². The minimum Gasteiger partial charge on any atom is -0.453 e. The van der Waals surface area contributed by atoms with E-state index in [9.17, 15) is 4.39 Å². The third-order valence-electron chi connectivity index (χ3n) is 3.52. The molecule has 0 bridgehead atoms. The van der Waals surface area contributed by atoms with Crippen LogP contribution in [0.5, 0.6) is 11.5 Å². The maximum atomic E-state index is 13.8. The van der Waals surface area contributed by atoms with Gasteiger partial charge in [0.15, 0.2) is 11.6 Å². The van der Waals surface area contributed by atoms with Crippen LogP contribution >= 0.6 is 0 Å². The highest BCUT2D eigenvalue weighted by Crippen LogP contribution is 2.27. The molecule has 3 rings (SSSR count). The van der Waals surface area contributed by atoms with Crippen molar-refractivity contribution in [2.24, 2.45) is 0 Å². The van der Waals surface area contributed by atoms with Gasteiger partial charge in [-0.25, -0.2) is 4.39 Å². The van der Waals surface area contributed by atoms with Crippen molar-refractivity contribution in [3.63, 3.8) is 0 Å². The van der Waals surface area contributed by atoms with E-state index in [1.807, 2.05) is 19.1 Å². The van der Waals surface area contributed by atoms with Crippen molar-refractivity contribution in [2.45, 2.75) is 19.9 Å². The Hall–Kier alpha value is -1.94. The largest absolute Gasteiger partial charge is 0.453 e. The van der Waals surface area contributed by atoms with Crippen molar-refractivity contribution >= 4 is 0 Å². The van der Waals surface area contributed by atoms with E-state index in [0.717, 1.165) is 36.3 Å². The Bertz CT molecular complexity index is 642. The molecule has 1 aromatic carbocycles. The zero-order valence-electron chi connectivity index (χ0n) is 11.7. The fourth-order valence-corrected chi connectivity index (χ4v) is 2.42. The quantitative estimate of drug-likeness (QED) is 0.838. The van der Waals surface area contributed by atoms with Crippen molar-refractivity contribution in [2.75, 3.05) is 13.6 Å². The molecule has 20 heavy (non-hydrogen) atoms. The second kappa shape index (κ2) is 5.21. The topological polar surface area (TPSA) is 25.4 Å². The van der Waals surface area contributed by atoms with Gasteiger partial charge in [0, 0.05) is 25.2 Å². The molecule has 1 aliphatic heterocycles. The van der Waals surface area contributed by atoms with E-state index >= 15 is 0 Å². The average Bonchev–Trinajstić information content (AvgIpc) is 2.41. The van der Waals surface area contributed by atoms with Crippen molar-refractivity contribution in [1.29, 1.82) is 0 Å². The lowest BCUT2D eigenvalue weighted by Crippen LogP contribution is -2.27. The van der Waals surface area contributed by atoms with Gasteiger partial charge in [0.05, 0.1) is 6.20 Å². The summed E-state index contributed by atoms with van der Waals surface area (Å²) in [5.74, 6) is 0.475. The van der Waals surface area contributed by atoms with Gasteiger partial charge in [-0.3, -0.25) is 4.98 Å². The van der Waals surface area contributed by atoms with E-state index in [-0.39, 0.29) is 11.6 Å². The Morgan fingerprint density at radius 2 is 2.15 bits per heavy atom. The normalized spacial score (nSPS) is 14.9. The lowest BCUT2D eigenvalue weighted by molar-refractivity contribution is 0.308. The van der Waals surface area contributed by atoms with Crippen LogP contribution in [0, 0.1) is 12.7 Å². The molecule has 2 aromatic rings. The molecule has 0 saturated carbocycles. The highest BCUT2D eigenvalue weighted by atomic mass is 19.1. The Kier molecular flexibility index (Phi) is 3.40. The van der Waals surface area contributed by atoms with E-state index in [2.05, 4.69) is 16.9 Å². The maximum Gasteiger partial charge on any atom is 0.165 e. The van der Waals surface area contributed by atoms with Crippen molar-refractivity contribution in [1.82, 2.24) is 9.88 Å². The molecule has 0 aliphatic carbocycles. The monoisotopic (exact) mass is 272 g/mol. The number of aryl methyl sites for hydroxylation is 1. The van der Waals surface area contributed by atoms with E-state index in [4.69, 9.17) is 4.74 Å². The number of rotatable bonds is 2. The predicted molar refractivity (Wildman–Crippen MR) is 75.5 cm³/mol. The smallest absolute Gasteiger partial charge is 0.165 e. The zero-order valence-corrected chi connectivity index (χ0v) is 11.7. The van der Waals surface area contributed by atoms with Crippen molar-refractivity contribution in [3.05, 3.63) is 53.1 Å². The SMILES string of the molecule is Cc1ccc(Oc2cnc3c(c2)CN(C)CC3)c(F)c1. The van der Waals surface area contributed by atoms with Crippen LogP contribution in [0.4, 0.5) is 4.39 Å². The summed E-state index contributed by atoms with van der Waals surface area (Å²) in [5.41, 5.74) is 3.14. The fourth-order valence-electron chi connectivity index (χ4n) is 2.42. The molecule has 0 amide bonds. The first-order chi connectivity index (χ1) is 9.61. The zero-order chi connectivity index (χ0) is 14.1. The van der Waals surface area contributed by atoms with Crippen molar-refractivity contribution in [3.8, 4) is 11.5 Å². The maximum absolute atomic E-state index is 13.8. The molecule has 0 atom stereocenters. The molecule has 0 unspecified atom stereocenters. The first-order valence-electron chi connectivity index (χ1n) is 6.72. The van der Waals surface area contributed by atoms with Crippen LogP contribution in [0.2, 0.25) is 0 Å². The van der Waals surface area contributed by atoms with E-state index in [0.29, 0.717) is 5.75 Å². The molecule has 2 heterocycles. The number of hydrogen-bond acceptors (Lipinski definition) is 3. The number of fused-ring (bicyclic) bond motifs is 1. The fraction of sp³-hybridized carbons (Fsp3) is 0.312. The summed E-state index contributed by atoms with van der Waals surface area (Å²) in [6, 6.07) is 6.90. The van der Waals surface area contributed by atoms with E-state index < -0.39 is 0 Å². The molecule has 0 radical (unpaired) electrons. The summed E-state index contributed by atoms with van der Waals surface area (Å²) in [5, 5.41) is 0. The Morgan fingerprint density at radius 3 is 2.95 bits per heavy atom. The molecule has 0 spiro atoms. The number of pyridine rings is 1. The van der Waals surface area contributed by atoms with Gasteiger partial charge in [-0.05, 0) is 43.3 Å². The molecular formula is C16H17FN2O. The van der Waals surface area contributed by atoms with Crippen LogP contribution in [0.3, 0.4) is 0 Å². The standard InChI is InChI=1S/C16H17FN2O/c1-11-3-4-16(14(17)7-11)20-13-8-12-10-19(2)6-5-15(12)18-9-13/h3-4,7-9H,5-6,10H2,1-2H3. The number of benzene rings is 1. The summed E-state index contributed by atoms with van der Waals surface area (Å²) < 4.78 is 19.4. The average molecular weight is 272 g/mol. The van der Waals surface area contributed by atoms with Gasteiger partial charge in [-0.15, -0.1) is 0 Å². The summed E-state index contributed by atoms with van der Waals surface area (Å²) in [4.78, 5) is 6.66. The van der Waals surface area contributed by atoms with Gasteiger partial charge in [-0.2, -0.15) is 0 Å². The molecule has 1 aromatic heterocycles. The van der Waals surface area contributed by atoms with Gasteiger partial charge < -0.3 is 9.64 Å². The molecule has 4 heteroatoms. The first kappa shape index (κ1) is 13.1. The number of hydrogen-bond donors (Lipinski definition) is 0. The summed E-state index contributed by atoms with van der Waals surface area (Å²) in [6.45, 7) is 3.73.